The molecule has 0 amide bonds. The van der Waals surface area contributed by atoms with Crippen molar-refractivity contribution in [2.75, 3.05) is 0 Å². The topological polar surface area (TPSA) is 33.1 Å². The van der Waals surface area contributed by atoms with E-state index in [1.807, 2.05) is 6.92 Å². The van der Waals surface area contributed by atoms with E-state index in [0.29, 0.717) is 5.56 Å². The maximum absolute atomic E-state index is 13.7. The van der Waals surface area contributed by atoms with E-state index in [2.05, 4.69) is 4.98 Å². The lowest BCUT2D eigenvalue weighted by Gasteiger charge is -2.26. The van der Waals surface area contributed by atoms with Gasteiger partial charge in [-0.2, -0.15) is 0 Å². The Labute approximate surface area is 99.8 Å². The van der Waals surface area contributed by atoms with Crippen LogP contribution in [0.5, 0.6) is 0 Å². The SMILES string of the molecule is Cc1ccncc1C(C)(O)c1ccccc1F. The molecule has 1 N–H and O–H groups in total. The van der Waals surface area contributed by atoms with Crippen molar-refractivity contribution in [3.05, 3.63) is 65.2 Å². The van der Waals surface area contributed by atoms with Crippen molar-refractivity contribution in [1.29, 1.82) is 0 Å². The fraction of sp³-hybridized carbons (Fsp3) is 0.214. The van der Waals surface area contributed by atoms with E-state index in [0.717, 1.165) is 5.56 Å². The standard InChI is InChI=1S/C14H14FNO/c1-10-7-8-16-9-12(10)14(2,17)11-5-3-4-6-13(11)15/h3-9,17H,1-2H3. The molecule has 0 spiro atoms. The van der Waals surface area contributed by atoms with Crippen LogP contribution in [0, 0.1) is 12.7 Å². The molecule has 2 rings (SSSR count). The van der Waals surface area contributed by atoms with Crippen molar-refractivity contribution < 1.29 is 9.50 Å². The van der Waals surface area contributed by atoms with Gasteiger partial charge in [-0.15, -0.1) is 0 Å². The lowest BCUT2D eigenvalue weighted by molar-refractivity contribution is 0.0969. The van der Waals surface area contributed by atoms with Gasteiger partial charge < -0.3 is 5.11 Å². The summed E-state index contributed by atoms with van der Waals surface area (Å²) in [6.07, 6.45) is 3.22. The van der Waals surface area contributed by atoms with Crippen LogP contribution in [0.15, 0.2) is 42.7 Å². The van der Waals surface area contributed by atoms with Crippen molar-refractivity contribution in [3.8, 4) is 0 Å². The summed E-state index contributed by atoms with van der Waals surface area (Å²) in [7, 11) is 0. The molecule has 1 unspecified atom stereocenters. The van der Waals surface area contributed by atoms with E-state index in [1.165, 1.54) is 6.07 Å². The zero-order chi connectivity index (χ0) is 12.5. The van der Waals surface area contributed by atoms with Gasteiger partial charge in [0, 0.05) is 23.5 Å². The molecule has 0 bridgehead atoms. The third-order valence-corrected chi connectivity index (χ3v) is 2.96. The first-order valence-corrected chi connectivity index (χ1v) is 5.42. The van der Waals surface area contributed by atoms with Crippen LogP contribution in [0.3, 0.4) is 0 Å². The molecule has 1 aromatic heterocycles. The van der Waals surface area contributed by atoms with E-state index in [4.69, 9.17) is 0 Å². The number of aromatic nitrogens is 1. The van der Waals surface area contributed by atoms with E-state index in [-0.39, 0.29) is 5.56 Å². The van der Waals surface area contributed by atoms with E-state index >= 15 is 0 Å². The molecule has 0 radical (unpaired) electrons. The predicted octanol–water partition coefficient (Wildman–Crippen LogP) is 2.78. The normalized spacial score (nSPS) is 14.4. The minimum atomic E-state index is -1.37. The Hall–Kier alpha value is -1.74. The number of hydrogen-bond donors (Lipinski definition) is 1. The highest BCUT2D eigenvalue weighted by Crippen LogP contribution is 2.32. The summed E-state index contributed by atoms with van der Waals surface area (Å²) in [4.78, 5) is 3.98. The first kappa shape index (κ1) is 11.7. The molecular formula is C14H14FNO. The maximum atomic E-state index is 13.7. The Balaban J connectivity index is 2.58. The van der Waals surface area contributed by atoms with Gasteiger partial charge in [0.1, 0.15) is 11.4 Å². The molecule has 0 aliphatic rings. The molecule has 0 aliphatic carbocycles. The molecule has 0 saturated carbocycles. The Bertz CT molecular complexity index is 490. The van der Waals surface area contributed by atoms with Crippen LogP contribution in [-0.4, -0.2) is 10.1 Å². The second-order valence-corrected chi connectivity index (χ2v) is 4.24. The molecule has 0 aliphatic heterocycles. The van der Waals surface area contributed by atoms with Gasteiger partial charge in [-0.3, -0.25) is 4.98 Å². The van der Waals surface area contributed by atoms with Crippen LogP contribution in [0.4, 0.5) is 4.39 Å². The van der Waals surface area contributed by atoms with Crippen LogP contribution >= 0.6 is 0 Å². The first-order valence-electron chi connectivity index (χ1n) is 5.42. The van der Waals surface area contributed by atoms with Crippen molar-refractivity contribution in [1.82, 2.24) is 4.98 Å². The number of hydrogen-bond acceptors (Lipinski definition) is 2. The van der Waals surface area contributed by atoms with Crippen LogP contribution in [-0.2, 0) is 5.60 Å². The molecule has 0 saturated heterocycles. The molecule has 3 heteroatoms. The zero-order valence-corrected chi connectivity index (χ0v) is 9.81. The van der Waals surface area contributed by atoms with Crippen molar-refractivity contribution in [3.63, 3.8) is 0 Å². The third kappa shape index (κ3) is 2.06. The fourth-order valence-electron chi connectivity index (χ4n) is 1.97. The van der Waals surface area contributed by atoms with Crippen molar-refractivity contribution in [2.45, 2.75) is 19.4 Å². The summed E-state index contributed by atoms with van der Waals surface area (Å²) in [6, 6.07) is 8.03. The van der Waals surface area contributed by atoms with Crippen molar-refractivity contribution in [2.24, 2.45) is 0 Å². The van der Waals surface area contributed by atoms with Gasteiger partial charge in [-0.05, 0) is 31.5 Å². The number of nitrogens with zero attached hydrogens (tertiary/aromatic N) is 1. The number of pyridine rings is 1. The molecule has 1 heterocycles. The molecule has 1 aromatic carbocycles. The minimum Gasteiger partial charge on any atom is -0.381 e. The second kappa shape index (κ2) is 4.26. The van der Waals surface area contributed by atoms with Gasteiger partial charge in [0.25, 0.3) is 0 Å². The van der Waals surface area contributed by atoms with Crippen LogP contribution in [0.2, 0.25) is 0 Å². The molecule has 17 heavy (non-hydrogen) atoms. The Kier molecular flexibility index (Phi) is 2.94. The Morgan fingerprint density at radius 1 is 1.18 bits per heavy atom. The number of rotatable bonds is 2. The highest BCUT2D eigenvalue weighted by Gasteiger charge is 2.30. The average molecular weight is 231 g/mol. The van der Waals surface area contributed by atoms with Gasteiger partial charge >= 0.3 is 0 Å². The summed E-state index contributed by atoms with van der Waals surface area (Å²) < 4.78 is 13.7. The quantitative estimate of drug-likeness (QED) is 0.862. The summed E-state index contributed by atoms with van der Waals surface area (Å²) in [5.41, 5.74) is 0.387. The van der Waals surface area contributed by atoms with Crippen LogP contribution < -0.4 is 0 Å². The Morgan fingerprint density at radius 2 is 1.88 bits per heavy atom. The molecular weight excluding hydrogens is 217 g/mol. The molecule has 0 fully saturated rings. The largest absolute Gasteiger partial charge is 0.381 e. The number of aryl methyl sites for hydroxylation is 1. The monoisotopic (exact) mass is 231 g/mol. The molecule has 88 valence electrons. The zero-order valence-electron chi connectivity index (χ0n) is 9.81. The first-order chi connectivity index (χ1) is 8.03. The maximum Gasteiger partial charge on any atom is 0.129 e. The van der Waals surface area contributed by atoms with Crippen molar-refractivity contribution >= 4 is 0 Å². The Morgan fingerprint density at radius 3 is 2.53 bits per heavy atom. The predicted molar refractivity (Wildman–Crippen MR) is 64.0 cm³/mol. The van der Waals surface area contributed by atoms with E-state index < -0.39 is 11.4 Å². The molecule has 2 aromatic rings. The lowest BCUT2D eigenvalue weighted by Crippen LogP contribution is -2.25. The lowest BCUT2D eigenvalue weighted by atomic mass is 9.86. The smallest absolute Gasteiger partial charge is 0.129 e. The second-order valence-electron chi connectivity index (χ2n) is 4.24. The average Bonchev–Trinajstić information content (AvgIpc) is 2.29. The highest BCUT2D eigenvalue weighted by atomic mass is 19.1. The van der Waals surface area contributed by atoms with Crippen LogP contribution in [0.1, 0.15) is 23.6 Å². The summed E-state index contributed by atoms with van der Waals surface area (Å²) in [6.45, 7) is 3.45. The van der Waals surface area contributed by atoms with Gasteiger partial charge in [0.2, 0.25) is 0 Å². The fourth-order valence-corrected chi connectivity index (χ4v) is 1.97. The van der Waals surface area contributed by atoms with Crippen LogP contribution in [0.25, 0.3) is 0 Å². The van der Waals surface area contributed by atoms with E-state index in [9.17, 15) is 9.50 Å². The summed E-state index contributed by atoms with van der Waals surface area (Å²) in [5.74, 6) is -0.416. The van der Waals surface area contributed by atoms with Gasteiger partial charge in [0.15, 0.2) is 0 Å². The minimum absolute atomic E-state index is 0.260. The number of benzene rings is 1. The molecule has 2 nitrogen and oxygen atoms in total. The highest BCUT2D eigenvalue weighted by molar-refractivity contribution is 5.38. The van der Waals surface area contributed by atoms with Gasteiger partial charge in [-0.25, -0.2) is 4.39 Å². The van der Waals surface area contributed by atoms with E-state index in [1.54, 1.807) is 43.6 Å². The molecule has 1 atom stereocenters. The summed E-state index contributed by atoms with van der Waals surface area (Å²) in [5, 5.41) is 10.5. The number of halogens is 1. The number of aliphatic hydroxyl groups is 1. The third-order valence-electron chi connectivity index (χ3n) is 2.96. The van der Waals surface area contributed by atoms with Gasteiger partial charge in [-0.1, -0.05) is 18.2 Å². The van der Waals surface area contributed by atoms with Gasteiger partial charge in [0.05, 0.1) is 0 Å². The summed E-state index contributed by atoms with van der Waals surface area (Å²) >= 11 is 0.